The largest absolute Gasteiger partial charge is 0.433 e. The van der Waals surface area contributed by atoms with E-state index in [9.17, 15) is 8.78 Å². The van der Waals surface area contributed by atoms with Crippen LogP contribution in [0.4, 0.5) is 14.5 Å². The molecule has 0 fully saturated rings. The van der Waals surface area contributed by atoms with Gasteiger partial charge >= 0.3 is 0 Å². The number of rotatable bonds is 2. The molecular weight excluding hydrogens is 250 g/mol. The Morgan fingerprint density at radius 1 is 1.18 bits per heavy atom. The number of hydrogen-bond donors (Lipinski definition) is 1. The SMILES string of the molecule is Nc1ccc(Oc2ncc(Cl)cc2F)c(F)c1. The Morgan fingerprint density at radius 2 is 1.94 bits per heavy atom. The van der Waals surface area contributed by atoms with Gasteiger partial charge in [0.2, 0.25) is 0 Å². The Bertz CT molecular complexity index is 514. The minimum Gasteiger partial charge on any atom is -0.433 e. The second-order valence-corrected chi connectivity index (χ2v) is 3.67. The molecule has 0 bridgehead atoms. The van der Waals surface area contributed by atoms with E-state index in [2.05, 4.69) is 4.98 Å². The number of pyridine rings is 1. The average molecular weight is 257 g/mol. The van der Waals surface area contributed by atoms with Crippen LogP contribution in [0.25, 0.3) is 0 Å². The van der Waals surface area contributed by atoms with Crippen molar-refractivity contribution in [3.63, 3.8) is 0 Å². The van der Waals surface area contributed by atoms with Crippen LogP contribution in [0, 0.1) is 11.6 Å². The molecule has 0 aliphatic rings. The molecule has 0 saturated heterocycles. The molecule has 0 spiro atoms. The fraction of sp³-hybridized carbons (Fsp3) is 0. The Morgan fingerprint density at radius 3 is 2.59 bits per heavy atom. The third kappa shape index (κ3) is 2.62. The third-order valence-electron chi connectivity index (χ3n) is 1.94. The summed E-state index contributed by atoms with van der Waals surface area (Å²) in [7, 11) is 0. The van der Waals surface area contributed by atoms with Gasteiger partial charge in [-0.3, -0.25) is 0 Å². The quantitative estimate of drug-likeness (QED) is 0.838. The van der Waals surface area contributed by atoms with Gasteiger partial charge in [-0.05, 0) is 18.2 Å². The van der Waals surface area contributed by atoms with Crippen molar-refractivity contribution < 1.29 is 13.5 Å². The molecular formula is C11H7ClF2N2O. The number of aromatic nitrogens is 1. The van der Waals surface area contributed by atoms with Crippen LogP contribution < -0.4 is 10.5 Å². The first-order valence-corrected chi connectivity index (χ1v) is 4.98. The summed E-state index contributed by atoms with van der Waals surface area (Å²) in [5, 5.41) is 0.132. The van der Waals surface area contributed by atoms with E-state index in [1.54, 1.807) is 0 Å². The van der Waals surface area contributed by atoms with E-state index in [0.717, 1.165) is 12.1 Å². The Hall–Kier alpha value is -1.88. The van der Waals surface area contributed by atoms with Crippen molar-refractivity contribution in [3.8, 4) is 11.6 Å². The molecule has 1 heterocycles. The smallest absolute Gasteiger partial charge is 0.256 e. The van der Waals surface area contributed by atoms with Gasteiger partial charge in [0.1, 0.15) is 0 Å². The first kappa shape index (κ1) is 11.6. The lowest BCUT2D eigenvalue weighted by atomic mass is 10.3. The molecule has 0 saturated carbocycles. The van der Waals surface area contributed by atoms with Gasteiger partial charge in [0.05, 0.1) is 5.02 Å². The molecule has 0 amide bonds. The van der Waals surface area contributed by atoms with Gasteiger partial charge in [-0.25, -0.2) is 13.8 Å². The minimum absolute atomic E-state index is 0.132. The van der Waals surface area contributed by atoms with Crippen molar-refractivity contribution in [1.29, 1.82) is 0 Å². The second kappa shape index (κ2) is 4.55. The lowest BCUT2D eigenvalue weighted by Gasteiger charge is -2.07. The van der Waals surface area contributed by atoms with Crippen molar-refractivity contribution in [1.82, 2.24) is 4.98 Å². The van der Waals surface area contributed by atoms with Gasteiger partial charge in [0.15, 0.2) is 17.4 Å². The van der Waals surface area contributed by atoms with Crippen molar-refractivity contribution in [3.05, 3.63) is 47.1 Å². The number of anilines is 1. The maximum absolute atomic E-state index is 13.4. The number of benzene rings is 1. The van der Waals surface area contributed by atoms with Gasteiger partial charge in [0.25, 0.3) is 5.88 Å². The molecule has 1 aromatic heterocycles. The third-order valence-corrected chi connectivity index (χ3v) is 2.14. The van der Waals surface area contributed by atoms with Crippen molar-refractivity contribution in [2.24, 2.45) is 0 Å². The lowest BCUT2D eigenvalue weighted by Crippen LogP contribution is -1.95. The van der Waals surface area contributed by atoms with Crippen LogP contribution in [0.2, 0.25) is 5.02 Å². The molecule has 0 aliphatic heterocycles. The Kier molecular flexibility index (Phi) is 3.10. The molecule has 3 nitrogen and oxygen atoms in total. The molecule has 0 aliphatic carbocycles. The van der Waals surface area contributed by atoms with Crippen LogP contribution in [-0.4, -0.2) is 4.98 Å². The molecule has 6 heteroatoms. The summed E-state index contributed by atoms with van der Waals surface area (Å²) in [5.74, 6) is -1.97. The molecule has 2 aromatic rings. The number of halogens is 3. The predicted molar refractivity (Wildman–Crippen MR) is 60.1 cm³/mol. The van der Waals surface area contributed by atoms with Crippen LogP contribution >= 0.6 is 11.6 Å². The fourth-order valence-electron chi connectivity index (χ4n) is 1.18. The van der Waals surface area contributed by atoms with Gasteiger partial charge in [-0.1, -0.05) is 11.6 Å². The summed E-state index contributed by atoms with van der Waals surface area (Å²) in [6.45, 7) is 0. The molecule has 0 unspecified atom stereocenters. The zero-order chi connectivity index (χ0) is 12.4. The maximum Gasteiger partial charge on any atom is 0.256 e. The zero-order valence-electron chi connectivity index (χ0n) is 8.45. The maximum atomic E-state index is 13.4. The number of nitrogens with two attached hydrogens (primary N) is 1. The summed E-state index contributed by atoms with van der Waals surface area (Å²) in [4.78, 5) is 3.61. The molecule has 0 radical (unpaired) electrons. The standard InChI is InChI=1S/C11H7ClF2N2O/c12-6-3-9(14)11(16-5-6)17-10-2-1-7(15)4-8(10)13/h1-5H,15H2. The number of ether oxygens (including phenoxy) is 1. The van der Waals surface area contributed by atoms with E-state index >= 15 is 0 Å². The van der Waals surface area contributed by atoms with Gasteiger partial charge in [0, 0.05) is 18.0 Å². The second-order valence-electron chi connectivity index (χ2n) is 3.23. The highest BCUT2D eigenvalue weighted by Gasteiger charge is 2.10. The molecule has 2 rings (SSSR count). The molecule has 0 atom stereocenters. The Balaban J connectivity index is 2.31. The summed E-state index contributed by atoms with van der Waals surface area (Å²) < 4.78 is 31.7. The summed E-state index contributed by atoms with van der Waals surface area (Å²) in [5.41, 5.74) is 5.62. The predicted octanol–water partition coefficient (Wildman–Crippen LogP) is 3.39. The van der Waals surface area contributed by atoms with E-state index in [-0.39, 0.29) is 22.3 Å². The van der Waals surface area contributed by atoms with Crippen LogP contribution in [0.1, 0.15) is 0 Å². The number of hydrogen-bond acceptors (Lipinski definition) is 3. The van der Waals surface area contributed by atoms with Crippen LogP contribution in [0.5, 0.6) is 11.6 Å². The zero-order valence-corrected chi connectivity index (χ0v) is 9.21. The highest BCUT2D eigenvalue weighted by molar-refractivity contribution is 6.30. The molecule has 1 aromatic carbocycles. The summed E-state index contributed by atoms with van der Waals surface area (Å²) >= 11 is 5.52. The van der Waals surface area contributed by atoms with E-state index in [0.29, 0.717) is 0 Å². The topological polar surface area (TPSA) is 48.1 Å². The summed E-state index contributed by atoms with van der Waals surface area (Å²) in [6, 6.07) is 4.83. The number of nitrogen functional groups attached to an aromatic ring is 1. The van der Waals surface area contributed by atoms with Crippen LogP contribution in [0.3, 0.4) is 0 Å². The van der Waals surface area contributed by atoms with Crippen LogP contribution in [-0.2, 0) is 0 Å². The van der Waals surface area contributed by atoms with E-state index in [4.69, 9.17) is 22.1 Å². The fourth-order valence-corrected chi connectivity index (χ4v) is 1.33. The monoisotopic (exact) mass is 256 g/mol. The van der Waals surface area contributed by atoms with Crippen molar-refractivity contribution in [2.45, 2.75) is 0 Å². The molecule has 17 heavy (non-hydrogen) atoms. The van der Waals surface area contributed by atoms with Crippen molar-refractivity contribution >= 4 is 17.3 Å². The van der Waals surface area contributed by atoms with Crippen molar-refractivity contribution in [2.75, 3.05) is 5.73 Å². The minimum atomic E-state index is -0.770. The highest BCUT2D eigenvalue weighted by Crippen LogP contribution is 2.27. The number of nitrogens with zero attached hydrogens (tertiary/aromatic N) is 1. The van der Waals surface area contributed by atoms with Gasteiger partial charge in [-0.2, -0.15) is 0 Å². The first-order chi connectivity index (χ1) is 8.06. The van der Waals surface area contributed by atoms with Gasteiger partial charge in [-0.15, -0.1) is 0 Å². The van der Waals surface area contributed by atoms with E-state index < -0.39 is 11.6 Å². The molecule has 2 N–H and O–H groups in total. The Labute approximate surface area is 101 Å². The highest BCUT2D eigenvalue weighted by atomic mass is 35.5. The van der Waals surface area contributed by atoms with E-state index in [1.165, 1.54) is 18.3 Å². The van der Waals surface area contributed by atoms with Gasteiger partial charge < -0.3 is 10.5 Å². The lowest BCUT2D eigenvalue weighted by molar-refractivity contribution is 0.398. The van der Waals surface area contributed by atoms with E-state index in [1.807, 2.05) is 0 Å². The molecule has 88 valence electrons. The normalized spacial score (nSPS) is 10.3. The average Bonchev–Trinajstić information content (AvgIpc) is 2.25. The first-order valence-electron chi connectivity index (χ1n) is 4.60. The summed E-state index contributed by atoms with van der Waals surface area (Å²) in [6.07, 6.45) is 1.20. The van der Waals surface area contributed by atoms with Crippen LogP contribution in [0.15, 0.2) is 30.5 Å².